The van der Waals surface area contributed by atoms with Crippen molar-refractivity contribution < 1.29 is 9.59 Å². The molecule has 1 N–H and O–H groups in total. The second kappa shape index (κ2) is 3.81. The molecule has 1 aliphatic rings. The van der Waals surface area contributed by atoms with Gasteiger partial charge in [0.1, 0.15) is 0 Å². The Bertz CT molecular complexity index is 480. The molecule has 82 valence electrons. The van der Waals surface area contributed by atoms with E-state index in [0.29, 0.717) is 16.8 Å². The first kappa shape index (κ1) is 10.4. The maximum atomic E-state index is 12.0. The van der Waals surface area contributed by atoms with Gasteiger partial charge in [0.05, 0.1) is 11.1 Å². The highest BCUT2D eigenvalue weighted by molar-refractivity contribution is 6.23. The van der Waals surface area contributed by atoms with Crippen molar-refractivity contribution in [2.24, 2.45) is 0 Å². The Kier molecular flexibility index (Phi) is 2.48. The van der Waals surface area contributed by atoms with Crippen LogP contribution in [0, 0.1) is 0 Å². The first-order valence-corrected chi connectivity index (χ1v) is 4.98. The van der Waals surface area contributed by atoms with Crippen LogP contribution in [0.5, 0.6) is 0 Å². The number of fused-ring (bicyclic) bond motifs is 1. The molecule has 0 atom stereocenters. The number of nitrogens with one attached hydrogen (secondary N) is 1. The number of nitrogens with zero attached hydrogens (tertiary/aromatic N) is 1. The van der Waals surface area contributed by atoms with Crippen molar-refractivity contribution in [1.29, 1.82) is 0 Å². The lowest BCUT2D eigenvalue weighted by molar-refractivity contribution is 0.0672. The molecule has 0 bridgehead atoms. The number of benzene rings is 1. The largest absolute Gasteiger partial charge is 0.387 e. The summed E-state index contributed by atoms with van der Waals surface area (Å²) in [4.78, 5) is 25.1. The van der Waals surface area contributed by atoms with Crippen LogP contribution >= 0.6 is 0 Å². The van der Waals surface area contributed by atoms with E-state index in [0.717, 1.165) is 0 Å². The van der Waals surface area contributed by atoms with Gasteiger partial charge >= 0.3 is 0 Å². The van der Waals surface area contributed by atoms with Gasteiger partial charge < -0.3 is 5.32 Å². The highest BCUT2D eigenvalue weighted by Crippen LogP contribution is 2.28. The van der Waals surface area contributed by atoms with Crippen molar-refractivity contribution >= 4 is 17.5 Å². The van der Waals surface area contributed by atoms with E-state index in [1.54, 1.807) is 31.3 Å². The van der Waals surface area contributed by atoms with Crippen LogP contribution in [-0.2, 0) is 0 Å². The Morgan fingerprint density at radius 1 is 1.38 bits per heavy atom. The fourth-order valence-electron chi connectivity index (χ4n) is 1.84. The van der Waals surface area contributed by atoms with Gasteiger partial charge in [-0.25, -0.2) is 0 Å². The summed E-state index contributed by atoms with van der Waals surface area (Å²) in [5.41, 5.74) is 1.60. The molecular weight excluding hydrogens is 204 g/mol. The summed E-state index contributed by atoms with van der Waals surface area (Å²) in [7, 11) is 1.73. The van der Waals surface area contributed by atoms with Crippen LogP contribution in [0.15, 0.2) is 30.9 Å². The van der Waals surface area contributed by atoms with Gasteiger partial charge in [-0.05, 0) is 12.1 Å². The Balaban J connectivity index is 2.55. The smallest absolute Gasteiger partial charge is 0.263 e. The molecule has 1 aliphatic heterocycles. The predicted octanol–water partition coefficient (Wildman–Crippen LogP) is 1.51. The van der Waals surface area contributed by atoms with Crippen molar-refractivity contribution in [1.82, 2.24) is 4.90 Å². The lowest BCUT2D eigenvalue weighted by atomic mass is 10.1. The summed E-state index contributed by atoms with van der Waals surface area (Å²) in [6.45, 7) is 3.78. The summed E-state index contributed by atoms with van der Waals surface area (Å²) in [5, 5.41) is 2.92. The first-order valence-electron chi connectivity index (χ1n) is 4.98. The van der Waals surface area contributed by atoms with Gasteiger partial charge in [-0.1, -0.05) is 12.1 Å². The third-order valence-electron chi connectivity index (χ3n) is 2.58. The quantitative estimate of drug-likeness (QED) is 0.615. The minimum absolute atomic E-state index is 0.246. The number of amides is 2. The van der Waals surface area contributed by atoms with Gasteiger partial charge in [0.2, 0.25) is 0 Å². The van der Waals surface area contributed by atoms with Crippen LogP contribution in [0.2, 0.25) is 0 Å². The second-order valence-corrected chi connectivity index (χ2v) is 3.49. The highest BCUT2D eigenvalue weighted by atomic mass is 16.2. The zero-order valence-corrected chi connectivity index (χ0v) is 8.99. The van der Waals surface area contributed by atoms with Crippen molar-refractivity contribution in [2.45, 2.75) is 0 Å². The molecule has 0 aromatic heterocycles. The number of anilines is 1. The Morgan fingerprint density at radius 3 is 2.75 bits per heavy atom. The summed E-state index contributed by atoms with van der Waals surface area (Å²) in [5.74, 6) is -0.512. The average molecular weight is 216 g/mol. The average Bonchev–Trinajstić information content (AvgIpc) is 2.55. The number of carbonyl (C=O) groups is 2. The molecular formula is C12H12N2O2. The van der Waals surface area contributed by atoms with E-state index in [1.165, 1.54) is 4.90 Å². The molecule has 0 saturated heterocycles. The standard InChI is InChI=1S/C12H12N2O2/c1-3-7-14-11(15)8-5-4-6-9(13-2)10(8)12(14)16/h3-6,13H,1,7H2,2H3. The SMILES string of the molecule is C=CCN1C(=O)c2cccc(NC)c2C1=O. The van der Waals surface area contributed by atoms with Crippen molar-refractivity contribution in [3.05, 3.63) is 42.0 Å². The number of hydrogen-bond acceptors (Lipinski definition) is 3. The molecule has 2 rings (SSSR count). The molecule has 0 aliphatic carbocycles. The Labute approximate surface area is 93.6 Å². The molecule has 1 aromatic rings. The van der Waals surface area contributed by atoms with E-state index in [1.807, 2.05) is 0 Å². The molecule has 16 heavy (non-hydrogen) atoms. The van der Waals surface area contributed by atoms with E-state index in [-0.39, 0.29) is 18.4 Å². The third kappa shape index (κ3) is 1.31. The lowest BCUT2D eigenvalue weighted by Crippen LogP contribution is -2.29. The Hall–Kier alpha value is -2.10. The van der Waals surface area contributed by atoms with Gasteiger partial charge in [0.15, 0.2) is 0 Å². The maximum absolute atomic E-state index is 12.0. The Morgan fingerprint density at radius 2 is 2.12 bits per heavy atom. The van der Waals surface area contributed by atoms with Crippen LogP contribution in [0.25, 0.3) is 0 Å². The van der Waals surface area contributed by atoms with Crippen LogP contribution in [0.1, 0.15) is 20.7 Å². The van der Waals surface area contributed by atoms with Gasteiger partial charge in [0, 0.05) is 19.3 Å². The van der Waals surface area contributed by atoms with E-state index in [9.17, 15) is 9.59 Å². The minimum Gasteiger partial charge on any atom is -0.387 e. The minimum atomic E-state index is -0.259. The molecule has 0 unspecified atom stereocenters. The van der Waals surface area contributed by atoms with E-state index < -0.39 is 0 Å². The molecule has 0 fully saturated rings. The molecule has 4 nitrogen and oxygen atoms in total. The zero-order valence-electron chi connectivity index (χ0n) is 8.99. The number of hydrogen-bond donors (Lipinski definition) is 1. The van der Waals surface area contributed by atoms with Gasteiger partial charge in [-0.15, -0.1) is 6.58 Å². The van der Waals surface area contributed by atoms with Crippen molar-refractivity contribution in [3.8, 4) is 0 Å². The summed E-state index contributed by atoms with van der Waals surface area (Å²) < 4.78 is 0. The lowest BCUT2D eigenvalue weighted by Gasteiger charge is -2.10. The van der Waals surface area contributed by atoms with Gasteiger partial charge in [0.25, 0.3) is 11.8 Å². The van der Waals surface area contributed by atoms with Crippen LogP contribution in [0.4, 0.5) is 5.69 Å². The molecule has 1 aromatic carbocycles. The summed E-state index contributed by atoms with van der Waals surface area (Å²) in [6, 6.07) is 5.20. The fourth-order valence-corrected chi connectivity index (χ4v) is 1.84. The molecule has 0 spiro atoms. The molecule has 4 heteroatoms. The molecule has 1 heterocycles. The number of imide groups is 1. The molecule has 0 saturated carbocycles. The monoisotopic (exact) mass is 216 g/mol. The van der Waals surface area contributed by atoms with Crippen LogP contribution < -0.4 is 5.32 Å². The summed E-state index contributed by atoms with van der Waals surface area (Å²) in [6.07, 6.45) is 1.54. The first-order chi connectivity index (χ1) is 7.70. The van der Waals surface area contributed by atoms with Crippen molar-refractivity contribution in [3.63, 3.8) is 0 Å². The van der Waals surface area contributed by atoms with Crippen LogP contribution in [0.3, 0.4) is 0 Å². The van der Waals surface area contributed by atoms with Gasteiger partial charge in [-0.2, -0.15) is 0 Å². The number of carbonyl (C=O) groups excluding carboxylic acids is 2. The van der Waals surface area contributed by atoms with E-state index in [4.69, 9.17) is 0 Å². The van der Waals surface area contributed by atoms with Crippen molar-refractivity contribution in [2.75, 3.05) is 18.9 Å². The molecule has 2 amide bonds. The second-order valence-electron chi connectivity index (χ2n) is 3.49. The topological polar surface area (TPSA) is 49.4 Å². The maximum Gasteiger partial charge on any atom is 0.263 e. The number of rotatable bonds is 3. The fraction of sp³-hybridized carbons (Fsp3) is 0.167. The van der Waals surface area contributed by atoms with Crippen LogP contribution in [-0.4, -0.2) is 30.3 Å². The zero-order chi connectivity index (χ0) is 11.7. The normalized spacial score (nSPS) is 13.9. The summed E-state index contributed by atoms with van der Waals surface area (Å²) >= 11 is 0. The van der Waals surface area contributed by atoms with E-state index >= 15 is 0 Å². The van der Waals surface area contributed by atoms with Gasteiger partial charge in [-0.3, -0.25) is 14.5 Å². The molecule has 0 radical (unpaired) electrons. The van der Waals surface area contributed by atoms with E-state index in [2.05, 4.69) is 11.9 Å². The predicted molar refractivity (Wildman–Crippen MR) is 61.6 cm³/mol. The third-order valence-corrected chi connectivity index (χ3v) is 2.58. The highest BCUT2D eigenvalue weighted by Gasteiger charge is 2.36.